The van der Waals surface area contributed by atoms with E-state index in [2.05, 4.69) is 25.4 Å². The van der Waals surface area contributed by atoms with Gasteiger partial charge in [0, 0.05) is 43.6 Å². The first-order valence-electron chi connectivity index (χ1n) is 8.04. The van der Waals surface area contributed by atoms with Crippen LogP contribution in [-0.4, -0.2) is 48.0 Å². The van der Waals surface area contributed by atoms with Gasteiger partial charge < -0.3 is 15.0 Å². The molecule has 1 aromatic carbocycles. The van der Waals surface area contributed by atoms with Gasteiger partial charge in [-0.1, -0.05) is 6.07 Å². The normalized spacial score (nSPS) is 16.6. The Morgan fingerprint density at radius 3 is 2.92 bits per heavy atom. The van der Waals surface area contributed by atoms with Crippen LogP contribution in [-0.2, 0) is 11.8 Å². The SMILES string of the molecule is COC(=O)Nc1cccc(C(=O)N[C@@H]2CCN(c3cnn(C)c3)C2)c1. The van der Waals surface area contributed by atoms with Gasteiger partial charge in [-0.15, -0.1) is 0 Å². The molecule has 0 aliphatic carbocycles. The molecule has 2 aromatic rings. The van der Waals surface area contributed by atoms with Crippen LogP contribution in [0.2, 0.25) is 0 Å². The molecule has 2 heterocycles. The molecule has 0 saturated carbocycles. The number of ether oxygens (including phenoxy) is 1. The average Bonchev–Trinajstić information content (AvgIpc) is 3.24. The maximum atomic E-state index is 12.5. The van der Waals surface area contributed by atoms with Crippen molar-refractivity contribution in [1.82, 2.24) is 15.1 Å². The zero-order valence-electron chi connectivity index (χ0n) is 14.2. The third-order valence-electron chi connectivity index (χ3n) is 4.14. The lowest BCUT2D eigenvalue weighted by Gasteiger charge is -2.17. The number of anilines is 2. The fourth-order valence-electron chi connectivity index (χ4n) is 2.86. The summed E-state index contributed by atoms with van der Waals surface area (Å²) in [4.78, 5) is 25.9. The fourth-order valence-corrected chi connectivity index (χ4v) is 2.86. The van der Waals surface area contributed by atoms with Crippen LogP contribution in [0.5, 0.6) is 0 Å². The Hall–Kier alpha value is -3.03. The minimum absolute atomic E-state index is 0.0740. The lowest BCUT2D eigenvalue weighted by molar-refractivity contribution is 0.0940. The maximum absolute atomic E-state index is 12.5. The Bertz CT molecular complexity index is 773. The van der Waals surface area contributed by atoms with E-state index in [0.29, 0.717) is 11.3 Å². The summed E-state index contributed by atoms with van der Waals surface area (Å²) in [6.07, 6.45) is 4.10. The van der Waals surface area contributed by atoms with E-state index in [1.165, 1.54) is 7.11 Å². The van der Waals surface area contributed by atoms with Crippen molar-refractivity contribution in [2.75, 3.05) is 30.4 Å². The molecule has 1 saturated heterocycles. The molecule has 1 aromatic heterocycles. The van der Waals surface area contributed by atoms with Gasteiger partial charge in [-0.25, -0.2) is 4.79 Å². The number of carbonyl (C=O) groups excluding carboxylic acids is 2. The van der Waals surface area contributed by atoms with Crippen molar-refractivity contribution in [1.29, 1.82) is 0 Å². The minimum Gasteiger partial charge on any atom is -0.453 e. The first-order chi connectivity index (χ1) is 12.0. The summed E-state index contributed by atoms with van der Waals surface area (Å²) in [6.45, 7) is 1.62. The molecule has 3 rings (SSSR count). The first kappa shape index (κ1) is 16.8. The number of aromatic nitrogens is 2. The number of benzene rings is 1. The molecule has 2 amide bonds. The topological polar surface area (TPSA) is 88.5 Å². The monoisotopic (exact) mass is 343 g/mol. The van der Waals surface area contributed by atoms with Gasteiger partial charge in [-0.3, -0.25) is 14.8 Å². The molecule has 8 nitrogen and oxygen atoms in total. The maximum Gasteiger partial charge on any atom is 0.411 e. The smallest absolute Gasteiger partial charge is 0.411 e. The van der Waals surface area contributed by atoms with Gasteiger partial charge in [-0.2, -0.15) is 5.10 Å². The number of rotatable bonds is 4. The Balaban J connectivity index is 1.59. The highest BCUT2D eigenvalue weighted by Gasteiger charge is 2.25. The predicted molar refractivity (Wildman–Crippen MR) is 93.8 cm³/mol. The summed E-state index contributed by atoms with van der Waals surface area (Å²) >= 11 is 0. The lowest BCUT2D eigenvalue weighted by atomic mass is 10.1. The second-order valence-electron chi connectivity index (χ2n) is 5.97. The third-order valence-corrected chi connectivity index (χ3v) is 4.14. The second-order valence-corrected chi connectivity index (χ2v) is 5.97. The average molecular weight is 343 g/mol. The van der Waals surface area contributed by atoms with E-state index < -0.39 is 6.09 Å². The minimum atomic E-state index is -0.569. The molecule has 0 spiro atoms. The molecule has 0 unspecified atom stereocenters. The Morgan fingerprint density at radius 1 is 1.36 bits per heavy atom. The highest BCUT2D eigenvalue weighted by atomic mass is 16.5. The second kappa shape index (κ2) is 7.25. The molecule has 132 valence electrons. The molecule has 1 fully saturated rings. The molecule has 0 bridgehead atoms. The van der Waals surface area contributed by atoms with E-state index in [0.717, 1.165) is 25.2 Å². The van der Waals surface area contributed by atoms with Gasteiger partial charge >= 0.3 is 6.09 Å². The summed E-state index contributed by atoms with van der Waals surface area (Å²) in [7, 11) is 3.17. The van der Waals surface area contributed by atoms with E-state index in [9.17, 15) is 9.59 Å². The van der Waals surface area contributed by atoms with Gasteiger partial charge in [0.25, 0.3) is 5.91 Å². The van der Waals surface area contributed by atoms with Crippen molar-refractivity contribution in [3.63, 3.8) is 0 Å². The zero-order chi connectivity index (χ0) is 17.8. The van der Waals surface area contributed by atoms with E-state index in [1.807, 2.05) is 19.4 Å². The van der Waals surface area contributed by atoms with Crippen molar-refractivity contribution >= 4 is 23.4 Å². The molecule has 2 N–H and O–H groups in total. The van der Waals surface area contributed by atoms with Crippen LogP contribution in [0.3, 0.4) is 0 Å². The number of methoxy groups -OCH3 is 1. The molecule has 25 heavy (non-hydrogen) atoms. The Kier molecular flexibility index (Phi) is 4.87. The number of hydrogen-bond acceptors (Lipinski definition) is 5. The molecule has 1 atom stereocenters. The fraction of sp³-hybridized carbons (Fsp3) is 0.353. The van der Waals surface area contributed by atoms with Crippen LogP contribution in [0.25, 0.3) is 0 Å². The van der Waals surface area contributed by atoms with E-state index in [-0.39, 0.29) is 11.9 Å². The number of carbonyl (C=O) groups is 2. The number of aryl methyl sites for hydroxylation is 1. The van der Waals surface area contributed by atoms with Crippen LogP contribution in [0, 0.1) is 0 Å². The molecular formula is C17H21N5O3. The molecule has 1 aliphatic rings. The third kappa shape index (κ3) is 4.09. The quantitative estimate of drug-likeness (QED) is 0.880. The van der Waals surface area contributed by atoms with Crippen LogP contribution < -0.4 is 15.5 Å². The van der Waals surface area contributed by atoms with Crippen molar-refractivity contribution in [3.8, 4) is 0 Å². The van der Waals surface area contributed by atoms with Crippen LogP contribution in [0.4, 0.5) is 16.2 Å². The van der Waals surface area contributed by atoms with Gasteiger partial charge in [0.15, 0.2) is 0 Å². The summed E-state index contributed by atoms with van der Waals surface area (Å²) in [5, 5.41) is 9.78. The zero-order valence-corrected chi connectivity index (χ0v) is 14.2. The first-order valence-corrected chi connectivity index (χ1v) is 8.04. The van der Waals surface area contributed by atoms with Crippen molar-refractivity contribution in [3.05, 3.63) is 42.2 Å². The van der Waals surface area contributed by atoms with Crippen molar-refractivity contribution < 1.29 is 14.3 Å². The lowest BCUT2D eigenvalue weighted by Crippen LogP contribution is -2.37. The van der Waals surface area contributed by atoms with Crippen LogP contribution >= 0.6 is 0 Å². The van der Waals surface area contributed by atoms with Gasteiger partial charge in [-0.05, 0) is 24.6 Å². The summed E-state index contributed by atoms with van der Waals surface area (Å²) in [6, 6.07) is 6.83. The highest BCUT2D eigenvalue weighted by Crippen LogP contribution is 2.19. The number of amides is 2. The predicted octanol–water partition coefficient (Wildman–Crippen LogP) is 1.61. The molecule has 0 radical (unpaired) electrons. The summed E-state index contributed by atoms with van der Waals surface area (Å²) in [5.41, 5.74) is 2.07. The number of nitrogens with zero attached hydrogens (tertiary/aromatic N) is 3. The summed E-state index contributed by atoms with van der Waals surface area (Å²) in [5.74, 6) is -0.161. The summed E-state index contributed by atoms with van der Waals surface area (Å²) < 4.78 is 6.32. The van der Waals surface area contributed by atoms with Gasteiger partial charge in [0.2, 0.25) is 0 Å². The standard InChI is InChI=1S/C17H21N5O3/c1-21-11-15(9-18-21)22-7-6-14(10-22)19-16(23)12-4-3-5-13(8-12)20-17(24)25-2/h3-5,8-9,11,14H,6-7,10H2,1-2H3,(H,19,23)(H,20,24)/t14-/m1/s1. The van der Waals surface area contributed by atoms with Gasteiger partial charge in [0.1, 0.15) is 0 Å². The number of hydrogen-bond donors (Lipinski definition) is 2. The number of nitrogens with one attached hydrogen (secondary N) is 2. The van der Waals surface area contributed by atoms with Crippen molar-refractivity contribution in [2.24, 2.45) is 7.05 Å². The molecular weight excluding hydrogens is 322 g/mol. The largest absolute Gasteiger partial charge is 0.453 e. The highest BCUT2D eigenvalue weighted by molar-refractivity contribution is 5.96. The molecule has 1 aliphatic heterocycles. The van der Waals surface area contributed by atoms with Gasteiger partial charge in [0.05, 0.1) is 19.0 Å². The van der Waals surface area contributed by atoms with Crippen molar-refractivity contribution in [2.45, 2.75) is 12.5 Å². The Morgan fingerprint density at radius 2 is 2.20 bits per heavy atom. The Labute approximate surface area is 145 Å². The van der Waals surface area contributed by atoms with Crippen LogP contribution in [0.15, 0.2) is 36.7 Å². The van der Waals surface area contributed by atoms with E-state index >= 15 is 0 Å². The van der Waals surface area contributed by atoms with E-state index in [1.54, 1.807) is 28.9 Å². The van der Waals surface area contributed by atoms with E-state index in [4.69, 9.17) is 0 Å². The van der Waals surface area contributed by atoms with Crippen LogP contribution in [0.1, 0.15) is 16.8 Å². The molecule has 8 heteroatoms.